The molecule has 1 aromatic heterocycles. The maximum atomic E-state index is 11.4. The predicted molar refractivity (Wildman–Crippen MR) is 71.4 cm³/mol. The number of thiophene rings is 1. The monoisotopic (exact) mass is 272 g/mol. The highest BCUT2D eigenvalue weighted by Gasteiger charge is 2.08. The third-order valence-corrected chi connectivity index (χ3v) is 3.90. The van der Waals surface area contributed by atoms with Gasteiger partial charge in [-0.25, -0.2) is 4.79 Å². The first kappa shape index (κ1) is 14.1. The molecule has 0 fully saturated rings. The van der Waals surface area contributed by atoms with Gasteiger partial charge in [0, 0.05) is 6.54 Å². The molecule has 0 atom stereocenters. The van der Waals surface area contributed by atoms with E-state index in [0.29, 0.717) is 12.5 Å². The molecule has 1 aromatic rings. The molecular weight excluding hydrogens is 256 g/mol. The number of hydrogen-bond acceptors (Lipinski definition) is 4. The summed E-state index contributed by atoms with van der Waals surface area (Å²) in [4.78, 5) is 22.7. The molecule has 0 radical (unpaired) electrons. The Morgan fingerprint density at radius 2 is 2.24 bits per heavy atom. The topological polar surface area (TPSA) is 58.2 Å². The van der Waals surface area contributed by atoms with E-state index in [9.17, 15) is 9.59 Å². The quantitative estimate of drug-likeness (QED) is 0.809. The molecular formula is C11H16N2O2S2. The van der Waals surface area contributed by atoms with Crippen LogP contribution in [0.25, 0.3) is 0 Å². The molecule has 4 nitrogen and oxygen atoms in total. The number of rotatable bonds is 5. The van der Waals surface area contributed by atoms with Crippen LogP contribution in [-0.2, 0) is 4.79 Å². The minimum absolute atomic E-state index is 0.260. The van der Waals surface area contributed by atoms with Gasteiger partial charge < -0.3 is 5.32 Å². The van der Waals surface area contributed by atoms with Crippen molar-refractivity contribution in [3.8, 4) is 0 Å². The molecule has 1 heterocycles. The fraction of sp³-hybridized carbons (Fsp3) is 0.455. The van der Waals surface area contributed by atoms with Gasteiger partial charge in [-0.15, -0.1) is 23.1 Å². The van der Waals surface area contributed by atoms with Gasteiger partial charge in [-0.05, 0) is 17.4 Å². The maximum absolute atomic E-state index is 11.4. The molecule has 0 spiro atoms. The maximum Gasteiger partial charge on any atom is 0.321 e. The standard InChI is InChI=1S/C11H16N2O2S2/c1-8(2)6-12-11(15)13-9(14)7-17-10-4-3-5-16-10/h3-5,8H,6-7H2,1-2H3,(H2,12,13,14,15). The molecule has 0 aliphatic carbocycles. The average Bonchev–Trinajstić information content (AvgIpc) is 2.76. The zero-order valence-electron chi connectivity index (χ0n) is 9.86. The van der Waals surface area contributed by atoms with E-state index in [0.717, 1.165) is 4.21 Å². The summed E-state index contributed by atoms with van der Waals surface area (Å²) in [6.45, 7) is 4.56. The zero-order valence-corrected chi connectivity index (χ0v) is 11.5. The van der Waals surface area contributed by atoms with Crippen molar-refractivity contribution in [2.24, 2.45) is 5.92 Å². The summed E-state index contributed by atoms with van der Waals surface area (Å²) in [6.07, 6.45) is 0. The summed E-state index contributed by atoms with van der Waals surface area (Å²) < 4.78 is 1.07. The van der Waals surface area contributed by atoms with Crippen molar-refractivity contribution in [3.63, 3.8) is 0 Å². The number of carbonyl (C=O) groups is 2. The van der Waals surface area contributed by atoms with Crippen molar-refractivity contribution in [2.45, 2.75) is 18.1 Å². The van der Waals surface area contributed by atoms with Gasteiger partial charge in [-0.3, -0.25) is 10.1 Å². The van der Waals surface area contributed by atoms with Crippen LogP contribution in [0.2, 0.25) is 0 Å². The fourth-order valence-corrected chi connectivity index (χ4v) is 2.57. The number of nitrogens with one attached hydrogen (secondary N) is 2. The van der Waals surface area contributed by atoms with Crippen molar-refractivity contribution >= 4 is 35.0 Å². The van der Waals surface area contributed by atoms with Crippen LogP contribution >= 0.6 is 23.1 Å². The first-order valence-electron chi connectivity index (χ1n) is 5.32. The minimum Gasteiger partial charge on any atom is -0.338 e. The molecule has 17 heavy (non-hydrogen) atoms. The Balaban J connectivity index is 2.18. The lowest BCUT2D eigenvalue weighted by Gasteiger charge is -2.08. The van der Waals surface area contributed by atoms with Crippen LogP contribution in [0.4, 0.5) is 4.79 Å². The highest BCUT2D eigenvalue weighted by Crippen LogP contribution is 2.22. The third-order valence-electron chi connectivity index (χ3n) is 1.76. The summed E-state index contributed by atoms with van der Waals surface area (Å²) in [5, 5.41) is 6.88. The van der Waals surface area contributed by atoms with E-state index in [1.807, 2.05) is 31.4 Å². The van der Waals surface area contributed by atoms with Crippen LogP contribution in [0.3, 0.4) is 0 Å². The van der Waals surface area contributed by atoms with Crippen molar-refractivity contribution in [2.75, 3.05) is 12.3 Å². The number of urea groups is 1. The first-order valence-corrected chi connectivity index (χ1v) is 7.18. The highest BCUT2D eigenvalue weighted by atomic mass is 32.2. The normalized spacial score (nSPS) is 10.3. The molecule has 0 saturated carbocycles. The van der Waals surface area contributed by atoms with Crippen molar-refractivity contribution in [1.82, 2.24) is 10.6 Å². The Kier molecular flexibility index (Phi) is 6.07. The van der Waals surface area contributed by atoms with E-state index in [4.69, 9.17) is 0 Å². The van der Waals surface area contributed by atoms with Crippen molar-refractivity contribution < 1.29 is 9.59 Å². The van der Waals surface area contributed by atoms with Crippen LogP contribution in [0, 0.1) is 5.92 Å². The molecule has 6 heteroatoms. The lowest BCUT2D eigenvalue weighted by molar-refractivity contribution is -0.117. The van der Waals surface area contributed by atoms with Gasteiger partial charge in [0.2, 0.25) is 5.91 Å². The number of amides is 3. The highest BCUT2D eigenvalue weighted by molar-refractivity contribution is 8.01. The predicted octanol–water partition coefficient (Wildman–Crippen LogP) is 2.32. The van der Waals surface area contributed by atoms with Gasteiger partial charge >= 0.3 is 6.03 Å². The second-order valence-corrected chi connectivity index (χ2v) is 6.10. The molecule has 94 valence electrons. The Morgan fingerprint density at radius 1 is 1.47 bits per heavy atom. The van der Waals surface area contributed by atoms with E-state index in [1.54, 1.807) is 11.3 Å². The third kappa shape index (κ3) is 6.33. The summed E-state index contributed by atoms with van der Waals surface area (Å²) >= 11 is 3.01. The first-order chi connectivity index (χ1) is 8.08. The van der Waals surface area contributed by atoms with Crippen LogP contribution < -0.4 is 10.6 Å². The summed E-state index contributed by atoms with van der Waals surface area (Å²) in [7, 11) is 0. The fourth-order valence-electron chi connectivity index (χ4n) is 0.986. The Hall–Kier alpha value is -1.01. The van der Waals surface area contributed by atoms with Gasteiger partial charge in [0.15, 0.2) is 0 Å². The van der Waals surface area contributed by atoms with Gasteiger partial charge in [0.1, 0.15) is 0 Å². The van der Waals surface area contributed by atoms with Gasteiger partial charge in [-0.1, -0.05) is 19.9 Å². The summed E-state index contributed by atoms with van der Waals surface area (Å²) in [5.74, 6) is 0.358. The number of thioether (sulfide) groups is 1. The van der Waals surface area contributed by atoms with Gasteiger partial charge in [-0.2, -0.15) is 0 Å². The summed E-state index contributed by atoms with van der Waals surface area (Å²) in [5.41, 5.74) is 0. The SMILES string of the molecule is CC(C)CNC(=O)NC(=O)CSc1cccs1. The van der Waals surface area contributed by atoms with Gasteiger partial charge in [0.25, 0.3) is 0 Å². The van der Waals surface area contributed by atoms with Gasteiger partial charge in [0.05, 0.1) is 9.96 Å². The van der Waals surface area contributed by atoms with Crippen molar-refractivity contribution in [1.29, 1.82) is 0 Å². The Morgan fingerprint density at radius 3 is 2.82 bits per heavy atom. The molecule has 0 saturated heterocycles. The lowest BCUT2D eigenvalue weighted by atomic mass is 10.2. The second-order valence-electron chi connectivity index (χ2n) is 3.87. The minimum atomic E-state index is -0.421. The molecule has 3 amide bonds. The summed E-state index contributed by atoms with van der Waals surface area (Å²) in [6, 6.07) is 3.46. The molecule has 2 N–H and O–H groups in total. The zero-order chi connectivity index (χ0) is 12.7. The number of hydrogen-bond donors (Lipinski definition) is 2. The second kappa shape index (κ2) is 7.34. The lowest BCUT2D eigenvalue weighted by Crippen LogP contribution is -2.41. The molecule has 1 rings (SSSR count). The van der Waals surface area contributed by atoms with E-state index < -0.39 is 6.03 Å². The van der Waals surface area contributed by atoms with E-state index >= 15 is 0 Å². The van der Waals surface area contributed by atoms with Crippen LogP contribution in [0.15, 0.2) is 21.7 Å². The molecule has 0 aliphatic heterocycles. The van der Waals surface area contributed by atoms with Crippen LogP contribution in [0.5, 0.6) is 0 Å². The van der Waals surface area contributed by atoms with Crippen LogP contribution in [-0.4, -0.2) is 24.2 Å². The number of imide groups is 1. The Labute approximate surface area is 109 Å². The molecule has 0 aliphatic rings. The smallest absolute Gasteiger partial charge is 0.321 e. The molecule has 0 bridgehead atoms. The van der Waals surface area contributed by atoms with E-state index in [-0.39, 0.29) is 11.7 Å². The van der Waals surface area contributed by atoms with E-state index in [2.05, 4.69) is 10.6 Å². The van der Waals surface area contributed by atoms with Crippen molar-refractivity contribution in [3.05, 3.63) is 17.5 Å². The molecule has 0 unspecified atom stereocenters. The van der Waals surface area contributed by atoms with E-state index in [1.165, 1.54) is 11.8 Å². The number of carbonyl (C=O) groups excluding carboxylic acids is 2. The average molecular weight is 272 g/mol. The largest absolute Gasteiger partial charge is 0.338 e. The van der Waals surface area contributed by atoms with Crippen LogP contribution in [0.1, 0.15) is 13.8 Å². The molecule has 0 aromatic carbocycles. The Bertz CT molecular complexity index is 364.